The van der Waals surface area contributed by atoms with Crippen molar-refractivity contribution in [2.75, 3.05) is 27.2 Å². The average Bonchev–Trinajstić information content (AvgIpc) is 3.17. The van der Waals surface area contributed by atoms with E-state index in [1.54, 1.807) is 25.2 Å². The Bertz CT molecular complexity index is 593. The van der Waals surface area contributed by atoms with Gasteiger partial charge in [-0.25, -0.2) is 0 Å². The molecule has 7 heteroatoms. The number of hydrogen-bond acceptors (Lipinski definition) is 4. The van der Waals surface area contributed by atoms with Crippen LogP contribution in [-0.2, 0) is 15.1 Å². The molecule has 1 aromatic heterocycles. The van der Waals surface area contributed by atoms with Crippen LogP contribution in [0.5, 0.6) is 0 Å². The first kappa shape index (κ1) is 17.9. The zero-order valence-corrected chi connectivity index (χ0v) is 15.2. The van der Waals surface area contributed by atoms with Gasteiger partial charge in [-0.3, -0.25) is 14.3 Å². The van der Waals surface area contributed by atoms with E-state index in [1.807, 2.05) is 16.9 Å². The third-order valence-corrected chi connectivity index (χ3v) is 5.60. The van der Waals surface area contributed by atoms with Gasteiger partial charge in [-0.15, -0.1) is 0 Å². The predicted molar refractivity (Wildman–Crippen MR) is 94.9 cm³/mol. The topological polar surface area (TPSA) is 79.3 Å². The van der Waals surface area contributed by atoms with E-state index < -0.39 is 5.54 Å². The Morgan fingerprint density at radius 1 is 1.28 bits per heavy atom. The minimum atomic E-state index is -0.618. The number of carbonyl (C=O) groups excluding carboxylic acids is 2. The number of nitrogens with one attached hydrogen (secondary N) is 2. The van der Waals surface area contributed by atoms with Crippen LogP contribution in [0, 0.1) is 5.92 Å². The fourth-order valence-corrected chi connectivity index (χ4v) is 4.15. The second-order valence-electron chi connectivity index (χ2n) is 7.50. The molecule has 7 nitrogen and oxygen atoms in total. The van der Waals surface area contributed by atoms with Crippen molar-refractivity contribution in [2.24, 2.45) is 5.92 Å². The summed E-state index contributed by atoms with van der Waals surface area (Å²) in [7, 11) is 3.60. The van der Waals surface area contributed by atoms with Crippen molar-refractivity contribution in [3.63, 3.8) is 0 Å². The monoisotopic (exact) mass is 347 g/mol. The van der Waals surface area contributed by atoms with Crippen LogP contribution in [0.25, 0.3) is 0 Å². The summed E-state index contributed by atoms with van der Waals surface area (Å²) < 4.78 is 1.81. The second-order valence-corrected chi connectivity index (χ2v) is 7.50. The number of piperidine rings is 1. The van der Waals surface area contributed by atoms with Crippen LogP contribution in [0.3, 0.4) is 0 Å². The van der Waals surface area contributed by atoms with Gasteiger partial charge in [0.2, 0.25) is 11.8 Å². The van der Waals surface area contributed by atoms with Crippen molar-refractivity contribution in [3.8, 4) is 0 Å². The molecule has 25 heavy (non-hydrogen) atoms. The van der Waals surface area contributed by atoms with E-state index in [9.17, 15) is 9.59 Å². The summed E-state index contributed by atoms with van der Waals surface area (Å²) in [5.74, 6) is 0.228. The van der Waals surface area contributed by atoms with Gasteiger partial charge >= 0.3 is 0 Å². The van der Waals surface area contributed by atoms with Crippen LogP contribution in [0.4, 0.5) is 0 Å². The Morgan fingerprint density at radius 3 is 2.68 bits per heavy atom. The molecule has 2 unspecified atom stereocenters. The van der Waals surface area contributed by atoms with Gasteiger partial charge < -0.3 is 15.5 Å². The number of rotatable bonds is 4. The van der Waals surface area contributed by atoms with Crippen molar-refractivity contribution in [2.45, 2.75) is 50.1 Å². The smallest absolute Gasteiger partial charge is 0.248 e. The summed E-state index contributed by atoms with van der Waals surface area (Å²) in [6.07, 6.45) is 8.63. The van der Waals surface area contributed by atoms with Crippen molar-refractivity contribution in [1.82, 2.24) is 25.3 Å². The van der Waals surface area contributed by atoms with Crippen LogP contribution in [0.15, 0.2) is 18.5 Å². The molecule has 1 aromatic rings. The lowest BCUT2D eigenvalue weighted by atomic mass is 9.83. The van der Waals surface area contributed by atoms with Crippen molar-refractivity contribution < 1.29 is 9.59 Å². The predicted octanol–water partition coefficient (Wildman–Crippen LogP) is 0.725. The van der Waals surface area contributed by atoms with Gasteiger partial charge in [0.05, 0.1) is 0 Å². The summed E-state index contributed by atoms with van der Waals surface area (Å²) in [5.41, 5.74) is -0.618. The molecule has 3 rings (SSSR count). The van der Waals surface area contributed by atoms with Crippen LogP contribution in [0.2, 0.25) is 0 Å². The fraction of sp³-hybridized carbons (Fsp3) is 0.722. The molecule has 1 aliphatic heterocycles. The highest BCUT2D eigenvalue weighted by Crippen LogP contribution is 2.30. The molecular formula is C18H29N5O2. The third kappa shape index (κ3) is 3.71. The standard InChI is InChI=1S/C18H29N5O2/c1-22(2)16(24)14-5-3-6-15(13-14)21-17(25)18(7-10-19-11-8-18)23-12-4-9-20-23/h4,9,12,14-15,19H,3,5-8,10-11,13H2,1-2H3,(H,21,25). The molecule has 2 amide bonds. The molecule has 1 aliphatic carbocycles. The molecule has 1 saturated heterocycles. The number of aromatic nitrogens is 2. The first-order chi connectivity index (χ1) is 12.0. The van der Waals surface area contributed by atoms with Crippen molar-refractivity contribution in [1.29, 1.82) is 0 Å². The molecule has 2 atom stereocenters. The molecular weight excluding hydrogens is 318 g/mol. The maximum absolute atomic E-state index is 13.2. The highest BCUT2D eigenvalue weighted by molar-refractivity contribution is 5.85. The van der Waals surface area contributed by atoms with Crippen LogP contribution in [0.1, 0.15) is 38.5 Å². The Hall–Kier alpha value is -1.89. The fourth-order valence-electron chi connectivity index (χ4n) is 4.15. The highest BCUT2D eigenvalue weighted by atomic mass is 16.2. The van der Waals surface area contributed by atoms with Crippen molar-refractivity contribution >= 4 is 11.8 Å². The Morgan fingerprint density at radius 2 is 2.04 bits per heavy atom. The lowest BCUT2D eigenvalue weighted by Crippen LogP contribution is -2.57. The van der Waals surface area contributed by atoms with Crippen LogP contribution in [-0.4, -0.2) is 59.7 Å². The second kappa shape index (κ2) is 7.56. The maximum atomic E-state index is 13.2. The Kier molecular flexibility index (Phi) is 5.42. The molecule has 1 saturated carbocycles. The van der Waals surface area contributed by atoms with Gasteiger partial charge in [-0.1, -0.05) is 6.42 Å². The van der Waals surface area contributed by atoms with Gasteiger partial charge in [0.1, 0.15) is 5.54 Å². The lowest BCUT2D eigenvalue weighted by molar-refractivity contribution is -0.136. The SMILES string of the molecule is CN(C)C(=O)C1CCCC(NC(=O)C2(n3cccn3)CCNCC2)C1. The zero-order chi connectivity index (χ0) is 17.9. The molecule has 0 spiro atoms. The summed E-state index contributed by atoms with van der Waals surface area (Å²) in [6, 6.07) is 1.93. The zero-order valence-electron chi connectivity index (χ0n) is 15.2. The highest BCUT2D eigenvalue weighted by Gasteiger charge is 2.43. The van der Waals surface area contributed by atoms with E-state index in [4.69, 9.17) is 0 Å². The quantitative estimate of drug-likeness (QED) is 0.841. The minimum absolute atomic E-state index is 0.0164. The normalized spacial score (nSPS) is 26.0. The van der Waals surface area contributed by atoms with E-state index in [0.717, 1.165) is 51.6 Å². The molecule has 138 valence electrons. The average molecular weight is 347 g/mol. The summed E-state index contributed by atoms with van der Waals surface area (Å²) >= 11 is 0. The third-order valence-electron chi connectivity index (χ3n) is 5.60. The lowest BCUT2D eigenvalue weighted by Gasteiger charge is -2.39. The molecule has 2 N–H and O–H groups in total. The summed E-state index contributed by atoms with van der Waals surface area (Å²) in [5, 5.41) is 10.9. The van der Waals surface area contributed by atoms with Gasteiger partial charge in [0.15, 0.2) is 0 Å². The van der Waals surface area contributed by atoms with E-state index in [-0.39, 0.29) is 23.8 Å². The number of amides is 2. The Balaban J connectivity index is 1.70. The molecule has 0 radical (unpaired) electrons. The van der Waals surface area contributed by atoms with Crippen LogP contribution >= 0.6 is 0 Å². The van der Waals surface area contributed by atoms with Gasteiger partial charge in [-0.05, 0) is 51.3 Å². The van der Waals surface area contributed by atoms with Crippen molar-refractivity contribution in [3.05, 3.63) is 18.5 Å². The number of nitrogens with zero attached hydrogens (tertiary/aromatic N) is 3. The van der Waals surface area contributed by atoms with Gasteiger partial charge in [-0.2, -0.15) is 5.10 Å². The molecule has 0 bridgehead atoms. The van der Waals surface area contributed by atoms with Crippen LogP contribution < -0.4 is 10.6 Å². The van der Waals surface area contributed by atoms with Gasteiger partial charge in [0, 0.05) is 38.4 Å². The molecule has 2 heterocycles. The van der Waals surface area contributed by atoms with Gasteiger partial charge in [0.25, 0.3) is 0 Å². The molecule has 2 aliphatic rings. The van der Waals surface area contributed by atoms with E-state index >= 15 is 0 Å². The largest absolute Gasteiger partial charge is 0.351 e. The van der Waals surface area contributed by atoms with E-state index in [2.05, 4.69) is 15.7 Å². The first-order valence-electron chi connectivity index (χ1n) is 9.26. The number of carbonyl (C=O) groups is 2. The summed E-state index contributed by atoms with van der Waals surface area (Å²) in [6.45, 7) is 1.61. The first-order valence-corrected chi connectivity index (χ1v) is 9.26. The maximum Gasteiger partial charge on any atom is 0.248 e. The van der Waals surface area contributed by atoms with E-state index in [0.29, 0.717) is 0 Å². The number of hydrogen-bond donors (Lipinski definition) is 2. The Labute approximate surface area is 149 Å². The van der Waals surface area contributed by atoms with E-state index in [1.165, 1.54) is 0 Å². The molecule has 2 fully saturated rings. The molecule has 0 aromatic carbocycles. The summed E-state index contributed by atoms with van der Waals surface area (Å²) in [4.78, 5) is 27.1. The minimum Gasteiger partial charge on any atom is -0.351 e.